The molecular formula is C23H25ClFN5O3. The number of rotatable bonds is 6. The molecule has 3 heterocycles. The number of carbonyl (C=O) groups is 3. The number of nitrogens with one attached hydrogen (secondary N) is 1. The first-order valence-electron chi connectivity index (χ1n) is 11.3. The van der Waals surface area contributed by atoms with Gasteiger partial charge in [-0.3, -0.25) is 19.0 Å². The van der Waals surface area contributed by atoms with Crippen molar-refractivity contribution in [3.8, 4) is 5.69 Å². The van der Waals surface area contributed by atoms with Crippen molar-refractivity contribution >= 4 is 29.3 Å². The van der Waals surface area contributed by atoms with E-state index in [0.29, 0.717) is 13.1 Å². The number of piperidine rings is 1. The van der Waals surface area contributed by atoms with Gasteiger partial charge in [0, 0.05) is 61.9 Å². The molecule has 0 bridgehead atoms. The predicted molar refractivity (Wildman–Crippen MR) is 118 cm³/mol. The number of carbonyl (C=O) groups excluding carboxylic acids is 3. The lowest BCUT2D eigenvalue weighted by molar-refractivity contribution is -0.136. The lowest BCUT2D eigenvalue weighted by atomic mass is 10.2. The van der Waals surface area contributed by atoms with E-state index in [1.807, 2.05) is 4.90 Å². The summed E-state index contributed by atoms with van der Waals surface area (Å²) in [5.74, 6) is -0.419. The van der Waals surface area contributed by atoms with E-state index in [1.54, 1.807) is 11.0 Å². The number of likely N-dealkylation sites (tertiary alicyclic amines) is 2. The summed E-state index contributed by atoms with van der Waals surface area (Å²) in [6, 6.07) is 4.22. The van der Waals surface area contributed by atoms with Crippen molar-refractivity contribution in [3.05, 3.63) is 47.3 Å². The lowest BCUT2D eigenvalue weighted by Crippen LogP contribution is -2.38. The summed E-state index contributed by atoms with van der Waals surface area (Å²) < 4.78 is 15.7. The van der Waals surface area contributed by atoms with Crippen LogP contribution in [0.2, 0.25) is 5.02 Å². The molecule has 1 aromatic heterocycles. The largest absolute Gasteiger partial charge is 0.347 e. The van der Waals surface area contributed by atoms with Gasteiger partial charge in [0.2, 0.25) is 11.8 Å². The molecule has 1 saturated carbocycles. The van der Waals surface area contributed by atoms with Gasteiger partial charge < -0.3 is 15.1 Å². The minimum absolute atomic E-state index is 0.00360. The third-order valence-electron chi connectivity index (χ3n) is 6.90. The SMILES string of the molecule is O=C(NC1[C@@H]2CN(C(=O)CCC(=O)N3CCCC3)C[C@@H]12)c1cncn1-c1ccc(Cl)cc1F. The number of halogens is 2. The van der Waals surface area contributed by atoms with Crippen LogP contribution in [0.15, 0.2) is 30.7 Å². The minimum Gasteiger partial charge on any atom is -0.347 e. The van der Waals surface area contributed by atoms with Crippen LogP contribution < -0.4 is 5.32 Å². The number of aromatic nitrogens is 2. The van der Waals surface area contributed by atoms with Crippen LogP contribution >= 0.6 is 11.6 Å². The summed E-state index contributed by atoms with van der Waals surface area (Å²) in [4.78, 5) is 45.1. The van der Waals surface area contributed by atoms with Gasteiger partial charge in [0.25, 0.3) is 5.91 Å². The standard InChI is InChI=1S/C23H25ClFN5O3/c24-14-3-4-18(17(25)9-14)30-13-26-10-19(30)23(33)27-22-15-11-29(12-16(15)22)21(32)6-5-20(31)28-7-1-2-8-28/h3-4,9-10,13,15-16,22H,1-2,5-8,11-12H2,(H,27,33)/t15-,16-/m1/s1. The smallest absolute Gasteiger partial charge is 0.270 e. The monoisotopic (exact) mass is 473 g/mol. The number of nitrogens with zero attached hydrogens (tertiary/aromatic N) is 4. The Morgan fingerprint density at radius 3 is 2.39 bits per heavy atom. The highest BCUT2D eigenvalue weighted by Gasteiger charge is 2.57. The quantitative estimate of drug-likeness (QED) is 0.697. The molecule has 174 valence electrons. The zero-order valence-corrected chi connectivity index (χ0v) is 18.8. The number of hydrogen-bond donors (Lipinski definition) is 1. The Bertz CT molecular complexity index is 1090. The first-order chi connectivity index (χ1) is 15.9. The zero-order valence-electron chi connectivity index (χ0n) is 18.0. The zero-order chi connectivity index (χ0) is 23.1. The summed E-state index contributed by atoms with van der Waals surface area (Å²) in [6.45, 7) is 2.76. The molecule has 0 unspecified atom stereocenters. The normalized spacial score (nSPS) is 23.5. The molecule has 10 heteroatoms. The molecule has 0 spiro atoms. The van der Waals surface area contributed by atoms with Crippen molar-refractivity contribution in [1.82, 2.24) is 24.7 Å². The van der Waals surface area contributed by atoms with E-state index in [4.69, 9.17) is 11.6 Å². The van der Waals surface area contributed by atoms with E-state index in [2.05, 4.69) is 10.3 Å². The van der Waals surface area contributed by atoms with Gasteiger partial charge in [-0.25, -0.2) is 9.37 Å². The Morgan fingerprint density at radius 2 is 1.73 bits per heavy atom. The van der Waals surface area contributed by atoms with E-state index in [9.17, 15) is 18.8 Å². The molecule has 2 aromatic rings. The highest BCUT2D eigenvalue weighted by Crippen LogP contribution is 2.45. The van der Waals surface area contributed by atoms with Gasteiger partial charge in [0.15, 0.2) is 0 Å². The highest BCUT2D eigenvalue weighted by molar-refractivity contribution is 6.30. The molecule has 1 aliphatic carbocycles. The molecule has 3 aliphatic rings. The average molecular weight is 474 g/mol. The van der Waals surface area contributed by atoms with Crippen molar-refractivity contribution in [2.45, 2.75) is 31.7 Å². The maximum atomic E-state index is 14.3. The van der Waals surface area contributed by atoms with Gasteiger partial charge >= 0.3 is 0 Å². The Hall–Kier alpha value is -2.94. The van der Waals surface area contributed by atoms with Crippen LogP contribution in [0.3, 0.4) is 0 Å². The van der Waals surface area contributed by atoms with Crippen LogP contribution in [0.1, 0.15) is 36.2 Å². The topological polar surface area (TPSA) is 87.5 Å². The first-order valence-corrected chi connectivity index (χ1v) is 11.6. The number of fused-ring (bicyclic) bond motifs is 1. The van der Waals surface area contributed by atoms with Crippen LogP contribution in [0, 0.1) is 17.7 Å². The van der Waals surface area contributed by atoms with Crippen LogP contribution in [0.4, 0.5) is 4.39 Å². The molecule has 0 radical (unpaired) electrons. The maximum absolute atomic E-state index is 14.3. The van der Waals surface area contributed by atoms with E-state index < -0.39 is 5.82 Å². The van der Waals surface area contributed by atoms with Gasteiger partial charge in [-0.1, -0.05) is 11.6 Å². The molecule has 2 saturated heterocycles. The van der Waals surface area contributed by atoms with Crippen molar-refractivity contribution in [2.75, 3.05) is 26.2 Å². The maximum Gasteiger partial charge on any atom is 0.270 e. The van der Waals surface area contributed by atoms with Crippen molar-refractivity contribution < 1.29 is 18.8 Å². The fourth-order valence-electron chi connectivity index (χ4n) is 5.00. The van der Waals surface area contributed by atoms with Crippen LogP contribution in [-0.2, 0) is 9.59 Å². The Morgan fingerprint density at radius 1 is 1.06 bits per heavy atom. The molecule has 8 nitrogen and oxygen atoms in total. The minimum atomic E-state index is -0.546. The van der Waals surface area contributed by atoms with Crippen molar-refractivity contribution in [3.63, 3.8) is 0 Å². The van der Waals surface area contributed by atoms with E-state index in [-0.39, 0.29) is 64.8 Å². The molecular weight excluding hydrogens is 449 g/mol. The molecule has 2 atom stereocenters. The predicted octanol–water partition coefficient (Wildman–Crippen LogP) is 2.25. The van der Waals surface area contributed by atoms with Gasteiger partial charge in [0.05, 0.1) is 18.2 Å². The first kappa shape index (κ1) is 21.9. The van der Waals surface area contributed by atoms with Gasteiger partial charge in [0.1, 0.15) is 11.5 Å². The van der Waals surface area contributed by atoms with Crippen molar-refractivity contribution in [2.24, 2.45) is 11.8 Å². The van der Waals surface area contributed by atoms with E-state index >= 15 is 0 Å². The molecule has 1 aromatic carbocycles. The summed E-state index contributed by atoms with van der Waals surface area (Å²) in [6.07, 6.45) is 5.36. The fourth-order valence-corrected chi connectivity index (χ4v) is 5.16. The van der Waals surface area contributed by atoms with Gasteiger partial charge in [-0.15, -0.1) is 0 Å². The highest BCUT2D eigenvalue weighted by atomic mass is 35.5. The second kappa shape index (κ2) is 8.78. The Labute approximate surface area is 195 Å². The number of hydrogen-bond acceptors (Lipinski definition) is 4. The number of imidazole rings is 1. The van der Waals surface area contributed by atoms with Gasteiger partial charge in [-0.05, 0) is 31.0 Å². The Balaban J connectivity index is 1.13. The molecule has 3 amide bonds. The third kappa shape index (κ3) is 4.34. The molecule has 33 heavy (non-hydrogen) atoms. The van der Waals surface area contributed by atoms with E-state index in [0.717, 1.165) is 25.9 Å². The number of benzene rings is 1. The molecule has 1 N–H and O–H groups in total. The molecule has 3 fully saturated rings. The third-order valence-corrected chi connectivity index (χ3v) is 7.13. The fraction of sp³-hybridized carbons (Fsp3) is 0.478. The molecule has 5 rings (SSSR count). The Kier molecular flexibility index (Phi) is 5.82. The van der Waals surface area contributed by atoms with Crippen LogP contribution in [-0.4, -0.2) is 69.3 Å². The van der Waals surface area contributed by atoms with Crippen LogP contribution in [0.5, 0.6) is 0 Å². The van der Waals surface area contributed by atoms with E-state index in [1.165, 1.54) is 29.2 Å². The number of amides is 3. The summed E-state index contributed by atoms with van der Waals surface area (Å²) >= 11 is 5.82. The van der Waals surface area contributed by atoms with Crippen molar-refractivity contribution in [1.29, 1.82) is 0 Å². The second-order valence-corrected chi connectivity index (χ2v) is 9.39. The summed E-state index contributed by atoms with van der Waals surface area (Å²) in [5, 5.41) is 3.27. The molecule has 2 aliphatic heterocycles. The average Bonchev–Trinajstić information content (AvgIpc) is 3.34. The summed E-state index contributed by atoms with van der Waals surface area (Å²) in [7, 11) is 0. The second-order valence-electron chi connectivity index (χ2n) is 8.96. The lowest BCUT2D eigenvalue weighted by Gasteiger charge is -2.21. The van der Waals surface area contributed by atoms with Crippen LogP contribution in [0.25, 0.3) is 5.69 Å². The summed E-state index contributed by atoms with van der Waals surface area (Å²) in [5.41, 5.74) is 0.424. The van der Waals surface area contributed by atoms with Gasteiger partial charge in [-0.2, -0.15) is 0 Å².